The molecule has 0 radical (unpaired) electrons. The van der Waals surface area contributed by atoms with Gasteiger partial charge in [0.25, 0.3) is 5.91 Å². The van der Waals surface area contributed by atoms with E-state index in [1.165, 1.54) is 0 Å². The van der Waals surface area contributed by atoms with Crippen LogP contribution in [0.3, 0.4) is 0 Å². The molecular weight excluding hydrogens is 394 g/mol. The fraction of sp³-hybridized carbons (Fsp3) is 0.304. The van der Waals surface area contributed by atoms with Gasteiger partial charge in [-0.1, -0.05) is 23.4 Å². The third kappa shape index (κ3) is 4.34. The summed E-state index contributed by atoms with van der Waals surface area (Å²) in [5.41, 5.74) is 3.68. The molecule has 0 aliphatic heterocycles. The molecule has 2 fully saturated rings. The first-order chi connectivity index (χ1) is 15.1. The molecule has 31 heavy (non-hydrogen) atoms. The van der Waals surface area contributed by atoms with Crippen molar-refractivity contribution in [2.24, 2.45) is 0 Å². The zero-order valence-corrected chi connectivity index (χ0v) is 17.2. The summed E-state index contributed by atoms with van der Waals surface area (Å²) in [6.45, 7) is 1.94. The first kappa shape index (κ1) is 19.4. The van der Waals surface area contributed by atoms with E-state index in [9.17, 15) is 4.79 Å². The van der Waals surface area contributed by atoms with Crippen molar-refractivity contribution >= 4 is 17.2 Å². The lowest BCUT2D eigenvalue weighted by atomic mass is 10.1. The molecule has 0 unspecified atom stereocenters. The number of pyridine rings is 1. The van der Waals surface area contributed by atoms with Crippen molar-refractivity contribution in [2.75, 3.05) is 5.32 Å². The average Bonchev–Trinajstić information content (AvgIpc) is 3.68. The van der Waals surface area contributed by atoms with E-state index in [1.54, 1.807) is 10.6 Å². The Hall–Kier alpha value is -3.52. The van der Waals surface area contributed by atoms with Gasteiger partial charge >= 0.3 is 0 Å². The number of imidazole rings is 1. The number of hydrogen-bond acceptors (Lipinski definition) is 6. The van der Waals surface area contributed by atoms with Crippen molar-refractivity contribution in [3.63, 3.8) is 0 Å². The molecular formula is C23H23N5O3. The van der Waals surface area contributed by atoms with Crippen LogP contribution in [0.1, 0.15) is 53.5 Å². The van der Waals surface area contributed by atoms with Gasteiger partial charge in [-0.05, 0) is 56.4 Å². The van der Waals surface area contributed by atoms with Gasteiger partial charge in [0.1, 0.15) is 11.3 Å². The molecule has 6 rings (SSSR count). The number of benzene rings is 1. The van der Waals surface area contributed by atoms with E-state index < -0.39 is 0 Å². The number of hydrogen-bond donors (Lipinski definition) is 2. The minimum Gasteiger partial charge on any atom is -0.393 e. The van der Waals surface area contributed by atoms with Crippen molar-refractivity contribution in [3.05, 3.63) is 65.9 Å². The minimum atomic E-state index is -0.222. The Morgan fingerprint density at radius 3 is 2.74 bits per heavy atom. The van der Waals surface area contributed by atoms with Gasteiger partial charge in [-0.2, -0.15) is 4.98 Å². The molecule has 4 aromatic rings. The van der Waals surface area contributed by atoms with Gasteiger partial charge in [-0.3, -0.25) is 9.20 Å². The molecule has 2 saturated carbocycles. The van der Waals surface area contributed by atoms with Crippen LogP contribution in [0.5, 0.6) is 0 Å². The molecule has 2 N–H and O–H groups in total. The van der Waals surface area contributed by atoms with E-state index in [-0.39, 0.29) is 12.0 Å². The van der Waals surface area contributed by atoms with Crippen LogP contribution in [-0.2, 0) is 0 Å². The maximum absolute atomic E-state index is 12.8. The standard InChI is InChI=1S/C20H17N5O2.C3H6O/c1-12-5-6-14(18-23-20(27-24-18)13-7-8-13)10-15(12)22-19(26)16-11-21-17-4-2-3-9-25(16)17;4-3-1-2-3/h2-6,9-11,13H,7-8H2,1H3,(H,22,26);3-4H,1-2H2. The number of aliphatic hydroxyl groups is 1. The van der Waals surface area contributed by atoms with Crippen molar-refractivity contribution < 1.29 is 14.4 Å². The molecule has 1 aromatic carbocycles. The van der Waals surface area contributed by atoms with Crippen molar-refractivity contribution in [3.8, 4) is 11.4 Å². The second-order valence-corrected chi connectivity index (χ2v) is 8.02. The predicted molar refractivity (Wildman–Crippen MR) is 115 cm³/mol. The molecule has 158 valence electrons. The summed E-state index contributed by atoms with van der Waals surface area (Å²) in [5, 5.41) is 15.2. The van der Waals surface area contributed by atoms with E-state index in [0.717, 1.165) is 42.5 Å². The molecule has 3 heterocycles. The van der Waals surface area contributed by atoms with Gasteiger partial charge in [0.15, 0.2) is 0 Å². The number of anilines is 1. The zero-order chi connectivity index (χ0) is 21.4. The van der Waals surface area contributed by atoms with Crippen LogP contribution in [0.25, 0.3) is 17.0 Å². The minimum absolute atomic E-state index is 0.0833. The highest BCUT2D eigenvalue weighted by Gasteiger charge is 2.29. The van der Waals surface area contributed by atoms with Crippen LogP contribution >= 0.6 is 0 Å². The van der Waals surface area contributed by atoms with Gasteiger partial charge in [0.2, 0.25) is 11.7 Å². The molecule has 0 atom stereocenters. The summed E-state index contributed by atoms with van der Waals surface area (Å²) in [5.74, 6) is 1.43. The Bertz CT molecular complexity index is 1240. The van der Waals surface area contributed by atoms with E-state index in [0.29, 0.717) is 29.0 Å². The van der Waals surface area contributed by atoms with Crippen LogP contribution in [0.4, 0.5) is 5.69 Å². The number of rotatable bonds is 4. The molecule has 8 heteroatoms. The van der Waals surface area contributed by atoms with E-state index in [2.05, 4.69) is 20.4 Å². The number of aromatic nitrogens is 4. The van der Waals surface area contributed by atoms with Crippen molar-refractivity contribution in [2.45, 2.75) is 44.6 Å². The number of carbonyl (C=O) groups is 1. The zero-order valence-electron chi connectivity index (χ0n) is 17.2. The molecule has 0 saturated heterocycles. The Balaban J connectivity index is 0.000000461. The highest BCUT2D eigenvalue weighted by Crippen LogP contribution is 2.39. The number of aliphatic hydroxyl groups excluding tert-OH is 1. The Morgan fingerprint density at radius 2 is 2.00 bits per heavy atom. The third-order valence-electron chi connectivity index (χ3n) is 5.31. The second kappa shape index (κ2) is 7.96. The number of carbonyl (C=O) groups excluding carboxylic acids is 1. The number of nitrogens with zero attached hydrogens (tertiary/aromatic N) is 4. The second-order valence-electron chi connectivity index (χ2n) is 8.02. The molecule has 2 aliphatic carbocycles. The average molecular weight is 417 g/mol. The van der Waals surface area contributed by atoms with Crippen molar-refractivity contribution in [1.82, 2.24) is 19.5 Å². The lowest BCUT2D eigenvalue weighted by molar-refractivity contribution is 0.102. The van der Waals surface area contributed by atoms with Gasteiger partial charge in [-0.15, -0.1) is 0 Å². The van der Waals surface area contributed by atoms with Gasteiger partial charge < -0.3 is 14.9 Å². The molecule has 0 spiro atoms. The topological polar surface area (TPSA) is 106 Å². The number of amides is 1. The van der Waals surface area contributed by atoms with E-state index in [4.69, 9.17) is 9.63 Å². The van der Waals surface area contributed by atoms with Crippen LogP contribution < -0.4 is 5.32 Å². The van der Waals surface area contributed by atoms with Gasteiger partial charge in [-0.25, -0.2) is 4.98 Å². The summed E-state index contributed by atoms with van der Waals surface area (Å²) in [6.07, 6.45) is 7.77. The number of nitrogens with one attached hydrogen (secondary N) is 1. The van der Waals surface area contributed by atoms with Crippen LogP contribution in [0.2, 0.25) is 0 Å². The summed E-state index contributed by atoms with van der Waals surface area (Å²) >= 11 is 0. The summed E-state index contributed by atoms with van der Waals surface area (Å²) in [7, 11) is 0. The fourth-order valence-electron chi connectivity index (χ4n) is 3.11. The normalized spacial score (nSPS) is 15.4. The summed E-state index contributed by atoms with van der Waals surface area (Å²) in [6, 6.07) is 11.4. The summed E-state index contributed by atoms with van der Waals surface area (Å²) in [4.78, 5) is 21.5. The first-order valence-electron chi connectivity index (χ1n) is 10.4. The fourth-order valence-corrected chi connectivity index (χ4v) is 3.11. The molecule has 1 amide bonds. The van der Waals surface area contributed by atoms with Crippen LogP contribution in [0, 0.1) is 6.92 Å². The number of aryl methyl sites for hydroxylation is 1. The van der Waals surface area contributed by atoms with Crippen molar-refractivity contribution in [1.29, 1.82) is 0 Å². The molecule has 0 bridgehead atoms. The predicted octanol–water partition coefficient (Wildman–Crippen LogP) is 3.96. The lowest BCUT2D eigenvalue weighted by Crippen LogP contribution is -2.15. The Morgan fingerprint density at radius 1 is 1.19 bits per heavy atom. The number of fused-ring (bicyclic) bond motifs is 1. The molecule has 2 aliphatic rings. The van der Waals surface area contributed by atoms with E-state index in [1.807, 2.05) is 49.5 Å². The lowest BCUT2D eigenvalue weighted by Gasteiger charge is -2.09. The maximum atomic E-state index is 12.8. The maximum Gasteiger partial charge on any atom is 0.274 e. The Labute approximate surface area is 178 Å². The largest absolute Gasteiger partial charge is 0.393 e. The Kier molecular flexibility index (Phi) is 4.99. The van der Waals surface area contributed by atoms with E-state index >= 15 is 0 Å². The van der Waals surface area contributed by atoms with Crippen LogP contribution in [-0.4, -0.2) is 36.6 Å². The summed E-state index contributed by atoms with van der Waals surface area (Å²) < 4.78 is 7.10. The van der Waals surface area contributed by atoms with Gasteiger partial charge in [0.05, 0.1) is 12.3 Å². The quantitative estimate of drug-likeness (QED) is 0.521. The third-order valence-corrected chi connectivity index (χ3v) is 5.31. The monoisotopic (exact) mass is 417 g/mol. The SMILES string of the molecule is Cc1ccc(-c2noc(C3CC3)n2)cc1NC(=O)c1cnc2ccccn12.OC1CC1. The smallest absolute Gasteiger partial charge is 0.274 e. The highest BCUT2D eigenvalue weighted by atomic mass is 16.5. The van der Waals surface area contributed by atoms with Gasteiger partial charge in [0, 0.05) is 23.4 Å². The molecule has 8 nitrogen and oxygen atoms in total. The van der Waals surface area contributed by atoms with Crippen LogP contribution in [0.15, 0.2) is 53.3 Å². The first-order valence-corrected chi connectivity index (χ1v) is 10.4. The molecule has 3 aromatic heterocycles. The highest BCUT2D eigenvalue weighted by molar-refractivity contribution is 6.04.